The Morgan fingerprint density at radius 3 is 2.54 bits per heavy atom. The monoisotopic (exact) mass is 189 g/mol. The lowest BCUT2D eigenvalue weighted by Gasteiger charge is -2.24. The maximum atomic E-state index is 13.4. The van der Waals surface area contributed by atoms with Crippen molar-refractivity contribution in [2.45, 2.75) is 51.6 Å². The van der Waals surface area contributed by atoms with Gasteiger partial charge in [-0.3, -0.25) is 4.90 Å². The van der Waals surface area contributed by atoms with E-state index in [4.69, 9.17) is 4.74 Å². The van der Waals surface area contributed by atoms with Gasteiger partial charge >= 0.3 is 0 Å². The Balaban J connectivity index is 2.39. The molecule has 3 heteroatoms. The van der Waals surface area contributed by atoms with Gasteiger partial charge in [-0.2, -0.15) is 0 Å². The number of ether oxygens (including phenoxy) is 1. The minimum Gasteiger partial charge on any atom is -0.377 e. The second-order valence-electron chi connectivity index (χ2n) is 4.22. The van der Waals surface area contributed by atoms with Crippen LogP contribution in [0.2, 0.25) is 0 Å². The number of rotatable bonds is 3. The molecule has 3 atom stereocenters. The lowest BCUT2D eigenvalue weighted by molar-refractivity contribution is 0.0235. The molecule has 0 spiro atoms. The smallest absolute Gasteiger partial charge is 0.119 e. The van der Waals surface area contributed by atoms with Crippen molar-refractivity contribution in [1.82, 2.24) is 4.90 Å². The molecular formula is C10H20FNO. The molecule has 1 heterocycles. The van der Waals surface area contributed by atoms with E-state index in [1.54, 1.807) is 0 Å². The summed E-state index contributed by atoms with van der Waals surface area (Å²) in [6, 6.07) is 0.299. The Kier molecular flexibility index (Phi) is 3.68. The van der Waals surface area contributed by atoms with Crippen molar-refractivity contribution in [3.63, 3.8) is 0 Å². The summed E-state index contributed by atoms with van der Waals surface area (Å²) in [7, 11) is 1.97. The van der Waals surface area contributed by atoms with E-state index < -0.39 is 6.17 Å². The molecule has 13 heavy (non-hydrogen) atoms. The molecule has 0 saturated carbocycles. The zero-order valence-electron chi connectivity index (χ0n) is 8.96. The van der Waals surface area contributed by atoms with Crippen LogP contribution in [-0.4, -0.2) is 42.9 Å². The Morgan fingerprint density at radius 2 is 2.15 bits per heavy atom. The van der Waals surface area contributed by atoms with Gasteiger partial charge in [0.2, 0.25) is 0 Å². The van der Waals surface area contributed by atoms with Crippen molar-refractivity contribution >= 4 is 0 Å². The molecule has 1 saturated heterocycles. The quantitative estimate of drug-likeness (QED) is 0.671. The Hall–Kier alpha value is -0.150. The van der Waals surface area contributed by atoms with Crippen LogP contribution in [0.5, 0.6) is 0 Å². The minimum atomic E-state index is -0.723. The van der Waals surface area contributed by atoms with Crippen LogP contribution >= 0.6 is 0 Å². The predicted octanol–water partition coefficient (Wildman–Crippen LogP) is 1.84. The van der Waals surface area contributed by atoms with E-state index in [0.29, 0.717) is 19.1 Å². The molecule has 1 aliphatic rings. The topological polar surface area (TPSA) is 12.5 Å². The molecule has 0 aromatic heterocycles. The van der Waals surface area contributed by atoms with Gasteiger partial charge in [-0.05, 0) is 34.2 Å². The first kappa shape index (κ1) is 10.9. The molecule has 0 aliphatic carbocycles. The summed E-state index contributed by atoms with van der Waals surface area (Å²) in [4.78, 5) is 2.08. The molecule has 0 unspecified atom stereocenters. The van der Waals surface area contributed by atoms with Gasteiger partial charge in [-0.15, -0.1) is 0 Å². The van der Waals surface area contributed by atoms with E-state index in [-0.39, 0.29) is 12.1 Å². The highest BCUT2D eigenvalue weighted by molar-refractivity contribution is 4.90. The summed E-state index contributed by atoms with van der Waals surface area (Å²) in [5, 5.41) is 0. The average Bonchev–Trinajstić information content (AvgIpc) is 2.24. The first-order chi connectivity index (χ1) is 6.02. The lowest BCUT2D eigenvalue weighted by atomic mass is 10.2. The second kappa shape index (κ2) is 4.38. The summed E-state index contributed by atoms with van der Waals surface area (Å²) < 4.78 is 18.9. The third-order valence-electron chi connectivity index (χ3n) is 2.80. The van der Waals surface area contributed by atoms with E-state index >= 15 is 0 Å². The third-order valence-corrected chi connectivity index (χ3v) is 2.80. The summed E-state index contributed by atoms with van der Waals surface area (Å²) in [5.74, 6) is 0. The number of likely N-dealkylation sites (N-methyl/N-ethyl adjacent to an activating group) is 1. The number of alkyl halides is 1. The Morgan fingerprint density at radius 1 is 1.54 bits per heavy atom. The molecule has 0 radical (unpaired) electrons. The van der Waals surface area contributed by atoms with E-state index in [0.717, 1.165) is 0 Å². The SMILES string of the molecule is CC(C)OC[C@H]1[C@H](F)C[C@H](C)N1C. The maximum Gasteiger partial charge on any atom is 0.119 e. The Bertz CT molecular complexity index is 163. The van der Waals surface area contributed by atoms with Crippen molar-refractivity contribution in [1.29, 1.82) is 0 Å². The summed E-state index contributed by atoms with van der Waals surface area (Å²) in [6.07, 6.45) is 0.109. The fourth-order valence-electron chi connectivity index (χ4n) is 1.74. The van der Waals surface area contributed by atoms with Gasteiger partial charge in [-0.1, -0.05) is 0 Å². The number of nitrogens with zero attached hydrogens (tertiary/aromatic N) is 1. The van der Waals surface area contributed by atoms with Gasteiger partial charge in [0.05, 0.1) is 18.8 Å². The molecule has 1 rings (SSSR count). The zero-order valence-corrected chi connectivity index (χ0v) is 8.96. The van der Waals surface area contributed by atoms with E-state index in [2.05, 4.69) is 11.8 Å². The largest absolute Gasteiger partial charge is 0.377 e. The first-order valence-corrected chi connectivity index (χ1v) is 5.00. The van der Waals surface area contributed by atoms with Crippen molar-refractivity contribution in [3.05, 3.63) is 0 Å². The van der Waals surface area contributed by atoms with Gasteiger partial charge in [0.15, 0.2) is 0 Å². The molecule has 0 aromatic rings. The van der Waals surface area contributed by atoms with Crippen LogP contribution < -0.4 is 0 Å². The van der Waals surface area contributed by atoms with Crippen LogP contribution in [0, 0.1) is 0 Å². The Labute approximate surface area is 80.1 Å². The zero-order chi connectivity index (χ0) is 10.0. The molecule has 1 fully saturated rings. The predicted molar refractivity (Wildman–Crippen MR) is 51.6 cm³/mol. The van der Waals surface area contributed by atoms with Crippen LogP contribution in [0.15, 0.2) is 0 Å². The highest BCUT2D eigenvalue weighted by Crippen LogP contribution is 2.25. The van der Waals surface area contributed by atoms with Gasteiger partial charge < -0.3 is 4.74 Å². The standard InChI is InChI=1S/C10H20FNO/c1-7(2)13-6-10-9(11)5-8(3)12(10)4/h7-10H,5-6H2,1-4H3/t8-,9+,10-/m0/s1. The van der Waals surface area contributed by atoms with E-state index in [1.165, 1.54) is 0 Å². The van der Waals surface area contributed by atoms with Crippen LogP contribution in [-0.2, 0) is 4.74 Å². The van der Waals surface area contributed by atoms with Gasteiger partial charge in [-0.25, -0.2) is 4.39 Å². The van der Waals surface area contributed by atoms with E-state index in [9.17, 15) is 4.39 Å². The lowest BCUT2D eigenvalue weighted by Crippen LogP contribution is -2.37. The summed E-state index contributed by atoms with van der Waals surface area (Å²) in [5.41, 5.74) is 0. The van der Waals surface area contributed by atoms with Gasteiger partial charge in [0.25, 0.3) is 0 Å². The first-order valence-electron chi connectivity index (χ1n) is 5.00. The highest BCUT2D eigenvalue weighted by Gasteiger charge is 2.36. The summed E-state index contributed by atoms with van der Waals surface area (Å²) in [6.45, 7) is 6.53. The molecule has 0 amide bonds. The third kappa shape index (κ3) is 2.64. The molecule has 0 aromatic carbocycles. The molecular weight excluding hydrogens is 169 g/mol. The van der Waals surface area contributed by atoms with Gasteiger partial charge in [0.1, 0.15) is 6.17 Å². The van der Waals surface area contributed by atoms with Crippen molar-refractivity contribution < 1.29 is 9.13 Å². The average molecular weight is 189 g/mol. The molecule has 0 N–H and O–H groups in total. The minimum absolute atomic E-state index is 0.0441. The number of likely N-dealkylation sites (tertiary alicyclic amines) is 1. The second-order valence-corrected chi connectivity index (χ2v) is 4.22. The van der Waals surface area contributed by atoms with Crippen LogP contribution in [0.25, 0.3) is 0 Å². The van der Waals surface area contributed by atoms with Gasteiger partial charge in [0, 0.05) is 6.04 Å². The number of hydrogen-bond acceptors (Lipinski definition) is 2. The highest BCUT2D eigenvalue weighted by atomic mass is 19.1. The molecule has 78 valence electrons. The van der Waals surface area contributed by atoms with Crippen molar-refractivity contribution in [2.24, 2.45) is 0 Å². The maximum absolute atomic E-state index is 13.4. The van der Waals surface area contributed by atoms with Crippen LogP contribution in [0.1, 0.15) is 27.2 Å². The molecule has 0 bridgehead atoms. The number of hydrogen-bond donors (Lipinski definition) is 0. The number of halogens is 1. The van der Waals surface area contributed by atoms with Crippen molar-refractivity contribution in [2.75, 3.05) is 13.7 Å². The van der Waals surface area contributed by atoms with Crippen LogP contribution in [0.4, 0.5) is 4.39 Å². The normalized spacial score (nSPS) is 36.0. The fourth-order valence-corrected chi connectivity index (χ4v) is 1.74. The molecule has 1 aliphatic heterocycles. The van der Waals surface area contributed by atoms with Crippen molar-refractivity contribution in [3.8, 4) is 0 Å². The summed E-state index contributed by atoms with van der Waals surface area (Å²) >= 11 is 0. The van der Waals surface area contributed by atoms with Crippen LogP contribution in [0.3, 0.4) is 0 Å². The molecule has 2 nitrogen and oxygen atoms in total. The fraction of sp³-hybridized carbons (Fsp3) is 1.00. The van der Waals surface area contributed by atoms with E-state index in [1.807, 2.05) is 20.9 Å².